The molecule has 0 saturated heterocycles. The van der Waals surface area contributed by atoms with Gasteiger partial charge in [-0.3, -0.25) is 14.5 Å². The molecule has 1 aromatic rings. The summed E-state index contributed by atoms with van der Waals surface area (Å²) in [5.74, 6) is -0.726. The first-order chi connectivity index (χ1) is 8.02. The van der Waals surface area contributed by atoms with Gasteiger partial charge >= 0.3 is 0 Å². The number of imide groups is 1. The van der Waals surface area contributed by atoms with E-state index < -0.39 is 0 Å². The van der Waals surface area contributed by atoms with Crippen LogP contribution >= 0.6 is 23.8 Å². The Morgan fingerprint density at radius 3 is 2.65 bits per heavy atom. The quantitative estimate of drug-likeness (QED) is 0.668. The molecule has 2 amide bonds. The lowest BCUT2D eigenvalue weighted by Gasteiger charge is -2.12. The van der Waals surface area contributed by atoms with Crippen molar-refractivity contribution in [1.29, 1.82) is 0 Å². The summed E-state index contributed by atoms with van der Waals surface area (Å²) in [5.41, 5.74) is 5.96. The number of nitrogens with zero attached hydrogens (tertiary/aromatic N) is 1. The molecular formula is C11H9ClN2O2S. The molecule has 0 fully saturated rings. The first kappa shape index (κ1) is 12.0. The maximum atomic E-state index is 12.0. The molecule has 0 radical (unpaired) electrons. The molecule has 0 unspecified atom stereocenters. The summed E-state index contributed by atoms with van der Waals surface area (Å²) in [6.07, 6.45) is 0.318. The summed E-state index contributed by atoms with van der Waals surface area (Å²) in [7, 11) is 0. The van der Waals surface area contributed by atoms with E-state index in [4.69, 9.17) is 29.6 Å². The zero-order valence-electron chi connectivity index (χ0n) is 8.77. The highest BCUT2D eigenvalue weighted by Crippen LogP contribution is 2.28. The van der Waals surface area contributed by atoms with Crippen LogP contribution in [0.4, 0.5) is 0 Å². The number of nitrogens with two attached hydrogens (primary N) is 1. The van der Waals surface area contributed by atoms with E-state index in [-0.39, 0.29) is 28.9 Å². The molecule has 1 aromatic carbocycles. The van der Waals surface area contributed by atoms with Crippen LogP contribution in [0.25, 0.3) is 0 Å². The van der Waals surface area contributed by atoms with E-state index in [9.17, 15) is 9.59 Å². The highest BCUT2D eigenvalue weighted by molar-refractivity contribution is 7.80. The highest BCUT2D eigenvalue weighted by atomic mass is 35.5. The largest absolute Gasteiger partial charge is 0.393 e. The van der Waals surface area contributed by atoms with Crippen molar-refractivity contribution in [3.05, 3.63) is 34.3 Å². The van der Waals surface area contributed by atoms with Gasteiger partial charge < -0.3 is 5.73 Å². The van der Waals surface area contributed by atoms with E-state index in [2.05, 4.69) is 0 Å². The number of benzene rings is 1. The molecular weight excluding hydrogens is 260 g/mol. The number of halogens is 1. The SMILES string of the molecule is NC(=S)CCN1C(=O)c2cccc(Cl)c2C1=O. The van der Waals surface area contributed by atoms with Crippen LogP contribution in [-0.4, -0.2) is 28.2 Å². The number of amides is 2. The summed E-state index contributed by atoms with van der Waals surface area (Å²) >= 11 is 10.6. The van der Waals surface area contributed by atoms with Crippen LogP contribution in [0.5, 0.6) is 0 Å². The summed E-state index contributed by atoms with van der Waals surface area (Å²) in [4.78, 5) is 25.3. The van der Waals surface area contributed by atoms with Crippen LogP contribution in [0.3, 0.4) is 0 Å². The first-order valence-electron chi connectivity index (χ1n) is 4.95. The molecule has 1 aliphatic heterocycles. The van der Waals surface area contributed by atoms with Crippen LogP contribution in [0.15, 0.2) is 18.2 Å². The van der Waals surface area contributed by atoms with Crippen molar-refractivity contribution in [2.75, 3.05) is 6.54 Å². The van der Waals surface area contributed by atoms with Gasteiger partial charge in [-0.2, -0.15) is 0 Å². The van der Waals surface area contributed by atoms with Crippen LogP contribution < -0.4 is 5.73 Å². The molecule has 2 N–H and O–H groups in total. The molecule has 1 aliphatic rings. The topological polar surface area (TPSA) is 63.4 Å². The average Bonchev–Trinajstić information content (AvgIpc) is 2.50. The van der Waals surface area contributed by atoms with Crippen molar-refractivity contribution < 1.29 is 9.59 Å². The molecule has 0 saturated carbocycles. The number of thiocarbonyl (C=S) groups is 1. The smallest absolute Gasteiger partial charge is 0.263 e. The fourth-order valence-corrected chi connectivity index (χ4v) is 2.06. The van der Waals surface area contributed by atoms with Crippen LogP contribution in [0.2, 0.25) is 5.02 Å². The van der Waals surface area contributed by atoms with Crippen molar-refractivity contribution in [1.82, 2.24) is 4.90 Å². The third-order valence-electron chi connectivity index (χ3n) is 2.53. The Balaban J connectivity index is 2.33. The number of carbonyl (C=O) groups excluding carboxylic acids is 2. The maximum Gasteiger partial charge on any atom is 0.263 e. The van der Waals surface area contributed by atoms with Crippen LogP contribution in [0, 0.1) is 0 Å². The molecule has 0 bridgehead atoms. The zero-order chi connectivity index (χ0) is 12.6. The summed E-state index contributed by atoms with van der Waals surface area (Å²) in [6, 6.07) is 4.81. The Hall–Kier alpha value is -1.46. The second kappa shape index (κ2) is 4.43. The predicted octanol–water partition coefficient (Wildman–Crippen LogP) is 1.61. The second-order valence-corrected chi connectivity index (χ2v) is 4.57. The number of carbonyl (C=O) groups is 2. The Kier molecular flexibility index (Phi) is 3.13. The lowest BCUT2D eigenvalue weighted by Crippen LogP contribution is -2.32. The summed E-state index contributed by atoms with van der Waals surface area (Å²) in [6.45, 7) is 0.192. The van der Waals surface area contributed by atoms with Gasteiger partial charge in [0.15, 0.2) is 0 Å². The van der Waals surface area contributed by atoms with Crippen molar-refractivity contribution >= 4 is 40.6 Å². The number of hydrogen-bond donors (Lipinski definition) is 1. The Bertz CT molecular complexity index is 530. The van der Waals surface area contributed by atoms with Gasteiger partial charge in [0.2, 0.25) is 0 Å². The summed E-state index contributed by atoms with van der Waals surface area (Å²) < 4.78 is 0. The first-order valence-corrected chi connectivity index (χ1v) is 5.74. The minimum Gasteiger partial charge on any atom is -0.393 e. The van der Waals surface area contributed by atoms with Gasteiger partial charge in [-0.05, 0) is 12.1 Å². The molecule has 88 valence electrons. The fourth-order valence-electron chi connectivity index (χ4n) is 1.72. The lowest BCUT2D eigenvalue weighted by atomic mass is 10.1. The zero-order valence-corrected chi connectivity index (χ0v) is 10.3. The van der Waals surface area contributed by atoms with Crippen molar-refractivity contribution in [3.8, 4) is 0 Å². The lowest BCUT2D eigenvalue weighted by molar-refractivity contribution is 0.0659. The van der Waals surface area contributed by atoms with Gasteiger partial charge in [-0.1, -0.05) is 29.9 Å². The molecule has 17 heavy (non-hydrogen) atoms. The van der Waals surface area contributed by atoms with Gasteiger partial charge in [-0.15, -0.1) is 0 Å². The minimum absolute atomic E-state index is 0.192. The highest BCUT2D eigenvalue weighted by Gasteiger charge is 2.36. The van der Waals surface area contributed by atoms with Crippen molar-refractivity contribution in [3.63, 3.8) is 0 Å². The van der Waals surface area contributed by atoms with Gasteiger partial charge in [0.05, 0.1) is 21.1 Å². The molecule has 0 aliphatic carbocycles. The van der Waals surface area contributed by atoms with Gasteiger partial charge in [0, 0.05) is 13.0 Å². The average molecular weight is 269 g/mol. The van der Waals surface area contributed by atoms with E-state index in [0.29, 0.717) is 17.0 Å². The fraction of sp³-hybridized carbons (Fsp3) is 0.182. The van der Waals surface area contributed by atoms with E-state index in [1.54, 1.807) is 18.2 Å². The van der Waals surface area contributed by atoms with Crippen LogP contribution in [0.1, 0.15) is 27.1 Å². The van der Waals surface area contributed by atoms with Crippen LogP contribution in [-0.2, 0) is 0 Å². The van der Waals surface area contributed by atoms with Gasteiger partial charge in [0.1, 0.15) is 0 Å². The second-order valence-electron chi connectivity index (χ2n) is 3.64. The van der Waals surface area contributed by atoms with E-state index in [1.807, 2.05) is 0 Å². The Morgan fingerprint density at radius 1 is 1.35 bits per heavy atom. The molecule has 2 rings (SSSR count). The maximum absolute atomic E-state index is 12.0. The van der Waals surface area contributed by atoms with Crippen molar-refractivity contribution in [2.45, 2.75) is 6.42 Å². The number of hydrogen-bond acceptors (Lipinski definition) is 3. The standard InChI is InChI=1S/C11H9ClN2O2S/c12-7-3-1-2-6-9(7)11(16)14(10(6)15)5-4-8(13)17/h1-3H,4-5H2,(H2,13,17). The summed E-state index contributed by atoms with van der Waals surface area (Å²) in [5, 5.41) is 0.290. The normalized spacial score (nSPS) is 14.1. The van der Waals surface area contributed by atoms with Gasteiger partial charge in [0.25, 0.3) is 11.8 Å². The van der Waals surface area contributed by atoms with Gasteiger partial charge in [-0.25, -0.2) is 0 Å². The van der Waals surface area contributed by atoms with Crippen molar-refractivity contribution in [2.24, 2.45) is 5.73 Å². The molecule has 0 aromatic heterocycles. The Labute approximate surface area is 108 Å². The Morgan fingerprint density at radius 2 is 2.06 bits per heavy atom. The molecule has 4 nitrogen and oxygen atoms in total. The molecule has 0 spiro atoms. The van der Waals surface area contributed by atoms with E-state index in [0.717, 1.165) is 4.90 Å². The molecule has 6 heteroatoms. The third-order valence-corrected chi connectivity index (χ3v) is 3.05. The molecule has 0 atom stereocenters. The number of rotatable bonds is 3. The van der Waals surface area contributed by atoms with E-state index in [1.165, 1.54) is 0 Å². The van der Waals surface area contributed by atoms with E-state index >= 15 is 0 Å². The number of fused-ring (bicyclic) bond motifs is 1. The third kappa shape index (κ3) is 2.03. The monoisotopic (exact) mass is 268 g/mol. The minimum atomic E-state index is -0.383. The molecule has 1 heterocycles. The predicted molar refractivity (Wildman–Crippen MR) is 68.2 cm³/mol.